The maximum absolute atomic E-state index is 13.0. The normalized spacial score (nSPS) is 15.2. The van der Waals surface area contributed by atoms with E-state index in [-0.39, 0.29) is 10.9 Å². The lowest BCUT2D eigenvalue weighted by molar-refractivity contribution is 0.163. The molecule has 0 bridgehead atoms. The largest absolute Gasteiger partial charge is 0.495 e. The van der Waals surface area contributed by atoms with Crippen LogP contribution in [0.3, 0.4) is 0 Å². The van der Waals surface area contributed by atoms with Gasteiger partial charge in [0.1, 0.15) is 23.1 Å². The average molecular weight is 633 g/mol. The van der Waals surface area contributed by atoms with Gasteiger partial charge in [0.25, 0.3) is 0 Å². The number of amides is 3. The van der Waals surface area contributed by atoms with Crippen LogP contribution in [0.2, 0.25) is 5.02 Å². The molecule has 4 aromatic rings. The summed E-state index contributed by atoms with van der Waals surface area (Å²) in [6.07, 6.45) is 2.29. The van der Waals surface area contributed by atoms with Gasteiger partial charge in [-0.2, -0.15) is 5.10 Å². The first-order valence-electron chi connectivity index (χ1n) is 13.6. The van der Waals surface area contributed by atoms with Crippen LogP contribution in [0.5, 0.6) is 17.2 Å². The van der Waals surface area contributed by atoms with Gasteiger partial charge in [0.2, 0.25) is 0 Å². The molecule has 2 aliphatic rings. The Morgan fingerprint density at radius 1 is 0.977 bits per heavy atom. The second-order valence-corrected chi connectivity index (χ2v) is 12.6. The van der Waals surface area contributed by atoms with Gasteiger partial charge in [-0.1, -0.05) is 44.1 Å². The van der Waals surface area contributed by atoms with Crippen molar-refractivity contribution in [2.24, 2.45) is 0 Å². The summed E-state index contributed by atoms with van der Waals surface area (Å²) >= 11 is 7.82. The molecule has 1 atom stereocenters. The lowest BCUT2D eigenvalue weighted by Gasteiger charge is -2.21. The molecule has 3 heterocycles. The summed E-state index contributed by atoms with van der Waals surface area (Å²) in [7, 11) is 1.55. The van der Waals surface area contributed by atoms with Crippen LogP contribution in [0.4, 0.5) is 26.8 Å². The van der Waals surface area contributed by atoms with E-state index < -0.39 is 12.1 Å². The smallest absolute Gasteiger partial charge is 0.413 e. The molecule has 0 saturated heterocycles. The summed E-state index contributed by atoms with van der Waals surface area (Å²) < 4.78 is 13.0. The van der Waals surface area contributed by atoms with Gasteiger partial charge in [-0.05, 0) is 54.6 Å². The Labute approximate surface area is 263 Å². The molecule has 0 saturated carbocycles. The predicted molar refractivity (Wildman–Crippen MR) is 171 cm³/mol. The van der Waals surface area contributed by atoms with Crippen LogP contribution in [0.25, 0.3) is 5.69 Å². The molecule has 3 N–H and O–H groups in total. The zero-order chi connectivity index (χ0) is 31.2. The number of nitrogens with zero attached hydrogens (tertiary/aromatic N) is 4. The first-order chi connectivity index (χ1) is 21.0. The second-order valence-electron chi connectivity index (χ2n) is 11.1. The number of benzene rings is 3. The average Bonchev–Trinajstić information content (AvgIpc) is 3.68. The number of fused-ring (bicyclic) bond motifs is 3. The van der Waals surface area contributed by atoms with Crippen molar-refractivity contribution in [3.63, 3.8) is 0 Å². The van der Waals surface area contributed by atoms with E-state index in [1.807, 2.05) is 56.0 Å². The molecule has 44 heavy (non-hydrogen) atoms. The second kappa shape index (κ2) is 11.4. The highest BCUT2D eigenvalue weighted by Crippen LogP contribution is 2.48. The van der Waals surface area contributed by atoms with Gasteiger partial charge in [0.15, 0.2) is 5.50 Å². The van der Waals surface area contributed by atoms with Crippen molar-refractivity contribution < 1.29 is 24.2 Å². The highest BCUT2D eigenvalue weighted by Gasteiger charge is 2.39. The molecule has 0 fully saturated rings. The van der Waals surface area contributed by atoms with Gasteiger partial charge < -0.3 is 24.8 Å². The number of hydrogen-bond acceptors (Lipinski definition) is 7. The molecule has 0 spiro atoms. The van der Waals surface area contributed by atoms with Gasteiger partial charge in [-0.15, -0.1) is 0 Å². The Bertz CT molecular complexity index is 1790. The fourth-order valence-corrected chi connectivity index (χ4v) is 6.20. The van der Waals surface area contributed by atoms with Crippen LogP contribution in [0.15, 0.2) is 84.0 Å². The number of carbonyl (C=O) groups excluding carboxylic acids is 1. The monoisotopic (exact) mass is 632 g/mol. The number of anilines is 3. The van der Waals surface area contributed by atoms with Gasteiger partial charge in [-0.25, -0.2) is 14.3 Å². The number of ether oxygens (including phenoxy) is 2. The van der Waals surface area contributed by atoms with Gasteiger partial charge in [0, 0.05) is 40.5 Å². The number of carboxylic acid groups (broad SMARTS) is 1. The lowest BCUT2D eigenvalue weighted by atomic mass is 9.92. The summed E-state index contributed by atoms with van der Waals surface area (Å²) in [6.45, 7) is 6.13. The van der Waals surface area contributed by atoms with E-state index in [9.17, 15) is 14.7 Å². The van der Waals surface area contributed by atoms with Crippen molar-refractivity contribution in [2.45, 2.75) is 36.6 Å². The van der Waals surface area contributed by atoms with E-state index in [0.717, 1.165) is 16.3 Å². The topological polar surface area (TPSA) is 121 Å². The minimum absolute atomic E-state index is 0.256. The molecule has 3 amide bonds. The van der Waals surface area contributed by atoms with Crippen molar-refractivity contribution in [1.29, 1.82) is 0 Å². The number of nitrogens with one attached hydrogen (secondary N) is 2. The zero-order valence-corrected chi connectivity index (χ0v) is 25.8. The molecular formula is C31H29ClN6O5S. The lowest BCUT2D eigenvalue weighted by Crippen LogP contribution is -2.35. The number of urea groups is 1. The predicted octanol–water partition coefficient (Wildman–Crippen LogP) is 7.93. The van der Waals surface area contributed by atoms with Gasteiger partial charge >= 0.3 is 12.1 Å². The van der Waals surface area contributed by atoms with E-state index in [1.165, 1.54) is 16.7 Å². The number of thioether (sulfide) groups is 1. The maximum Gasteiger partial charge on any atom is 0.413 e. The van der Waals surface area contributed by atoms with Crippen LogP contribution in [-0.4, -0.2) is 44.5 Å². The van der Waals surface area contributed by atoms with Crippen molar-refractivity contribution in [1.82, 2.24) is 14.7 Å². The van der Waals surface area contributed by atoms with E-state index in [0.29, 0.717) is 39.5 Å². The molecule has 0 radical (unpaired) electrons. The number of carbonyl (C=O) groups is 2. The highest BCUT2D eigenvalue weighted by molar-refractivity contribution is 8.00. The molecule has 11 nitrogen and oxygen atoms in total. The molecule has 226 valence electrons. The van der Waals surface area contributed by atoms with E-state index in [1.54, 1.807) is 60.6 Å². The minimum Gasteiger partial charge on any atom is -0.495 e. The van der Waals surface area contributed by atoms with Crippen LogP contribution >= 0.6 is 23.4 Å². The van der Waals surface area contributed by atoms with Gasteiger partial charge in [-0.3, -0.25) is 10.2 Å². The quantitative estimate of drug-likeness (QED) is 0.196. The summed E-state index contributed by atoms with van der Waals surface area (Å²) in [5.41, 5.74) is 2.28. The van der Waals surface area contributed by atoms with E-state index >= 15 is 0 Å². The van der Waals surface area contributed by atoms with Crippen LogP contribution in [-0.2, 0) is 5.41 Å². The minimum atomic E-state index is -1.00. The number of aromatic nitrogens is 2. The van der Waals surface area contributed by atoms with Crippen LogP contribution in [0.1, 0.15) is 26.5 Å². The molecule has 1 unspecified atom stereocenters. The Hall–Kier alpha value is -4.81. The number of hydrogen-bond donors (Lipinski definition) is 3. The first kappa shape index (κ1) is 29.3. The number of halogens is 1. The third kappa shape index (κ3) is 5.73. The molecule has 2 aliphatic heterocycles. The van der Waals surface area contributed by atoms with Gasteiger partial charge in [0.05, 0.1) is 29.2 Å². The third-order valence-electron chi connectivity index (χ3n) is 6.97. The van der Waals surface area contributed by atoms with E-state index in [2.05, 4.69) is 10.6 Å². The van der Waals surface area contributed by atoms with Crippen molar-refractivity contribution in [3.8, 4) is 22.9 Å². The fraction of sp³-hybridized carbons (Fsp3) is 0.194. The highest BCUT2D eigenvalue weighted by atomic mass is 35.5. The summed E-state index contributed by atoms with van der Waals surface area (Å²) in [5, 5.41) is 20.3. The summed E-state index contributed by atoms with van der Waals surface area (Å²) in [4.78, 5) is 28.7. The number of methoxy groups -OCH3 is 1. The Morgan fingerprint density at radius 2 is 1.73 bits per heavy atom. The standard InChI is InChI=1S/C31H29ClN6O5S/c1-31(2,3)26-17-27(38(35-26)19-7-11-24(42-4)22(32)15-19)34-28(39)33-18-5-8-20(9-6-18)43-21-10-12-25-23(16-21)36-13-14-37(30(40)41)29(36)44-25/h5-17,29H,1-4H3,(H,40,41)(H2,33,34,39). The Morgan fingerprint density at radius 3 is 2.41 bits per heavy atom. The SMILES string of the molecule is COc1ccc(-n2nc(C(C)(C)C)cc2NC(=O)Nc2ccc(Oc3ccc4c(c3)N3C=CN(C(=O)O)C3S4)cc2)cc1Cl. The van der Waals surface area contributed by atoms with Crippen molar-refractivity contribution in [3.05, 3.63) is 89.8 Å². The fourth-order valence-electron chi connectivity index (χ4n) is 4.71. The summed E-state index contributed by atoms with van der Waals surface area (Å²) in [5.74, 6) is 2.20. The molecule has 0 aliphatic carbocycles. The Kier molecular flexibility index (Phi) is 7.56. The first-order valence-corrected chi connectivity index (χ1v) is 14.8. The molecule has 6 rings (SSSR count). The summed E-state index contributed by atoms with van der Waals surface area (Å²) in [6, 6.07) is 19.3. The number of rotatable bonds is 6. The maximum atomic E-state index is 13.0. The molecule has 3 aromatic carbocycles. The van der Waals surface area contributed by atoms with Crippen LogP contribution in [0, 0.1) is 0 Å². The molecule has 1 aromatic heterocycles. The third-order valence-corrected chi connectivity index (χ3v) is 8.53. The Balaban J connectivity index is 1.13. The van der Waals surface area contributed by atoms with E-state index in [4.69, 9.17) is 26.2 Å². The van der Waals surface area contributed by atoms with Crippen molar-refractivity contribution >= 4 is 52.7 Å². The van der Waals surface area contributed by atoms with Crippen LogP contribution < -0.4 is 25.0 Å². The zero-order valence-electron chi connectivity index (χ0n) is 24.2. The van der Waals surface area contributed by atoms with Crippen molar-refractivity contribution in [2.75, 3.05) is 22.6 Å². The molecule has 13 heteroatoms. The molecular weight excluding hydrogens is 604 g/mol.